The van der Waals surface area contributed by atoms with Crippen molar-refractivity contribution < 1.29 is 14.7 Å². The molecule has 0 amide bonds. The highest BCUT2D eigenvalue weighted by Crippen LogP contribution is 2.34. The van der Waals surface area contributed by atoms with Gasteiger partial charge in [-0.2, -0.15) is 0 Å². The number of carbonyl (C=O) groups excluding carboxylic acids is 1. The number of Topliss-reactive ketones (excluding diaryl/α,β-unsaturated/α-hetero) is 1. The molecule has 3 atom stereocenters. The van der Waals surface area contributed by atoms with Crippen LogP contribution < -0.4 is 5.73 Å². The lowest BCUT2D eigenvalue weighted by Gasteiger charge is -2.33. The number of hydrogen-bond acceptors (Lipinski definition) is 5. The second-order valence-corrected chi connectivity index (χ2v) is 4.83. The van der Waals surface area contributed by atoms with Gasteiger partial charge in [-0.05, 0) is 0 Å². The molecule has 2 heterocycles. The van der Waals surface area contributed by atoms with Gasteiger partial charge in [-0.1, -0.05) is 0 Å². The van der Waals surface area contributed by atoms with Gasteiger partial charge in [-0.3, -0.25) is 14.5 Å². The second kappa shape index (κ2) is 3.52. The van der Waals surface area contributed by atoms with Gasteiger partial charge in [0, 0.05) is 18.7 Å². The Hall–Kier alpha value is -0.590. The fourth-order valence-corrected chi connectivity index (χ4v) is 3.33. The number of thioether (sulfide) groups is 1. The first-order valence-electron chi connectivity index (χ1n) is 4.48. The normalized spacial score (nSPS) is 38.4. The highest BCUT2D eigenvalue weighted by Gasteiger charge is 2.44. The molecule has 0 bridgehead atoms. The van der Waals surface area contributed by atoms with Crippen LogP contribution >= 0.6 is 11.8 Å². The molecule has 78 valence electrons. The lowest BCUT2D eigenvalue weighted by molar-refractivity contribution is -0.144. The number of piperidine rings is 1. The lowest BCUT2D eigenvalue weighted by Crippen LogP contribution is -2.55. The second-order valence-electron chi connectivity index (χ2n) is 3.62. The minimum atomic E-state index is -0.818. The molecule has 5 nitrogen and oxygen atoms in total. The van der Waals surface area contributed by atoms with E-state index in [0.29, 0.717) is 18.7 Å². The van der Waals surface area contributed by atoms with E-state index in [1.165, 1.54) is 11.8 Å². The Morgan fingerprint density at radius 2 is 2.36 bits per heavy atom. The topological polar surface area (TPSA) is 83.6 Å². The maximum Gasteiger partial charge on any atom is 0.321 e. The fourth-order valence-electron chi connectivity index (χ4n) is 1.88. The van der Waals surface area contributed by atoms with Gasteiger partial charge in [-0.15, -0.1) is 11.8 Å². The van der Waals surface area contributed by atoms with Gasteiger partial charge in [0.05, 0.1) is 11.4 Å². The van der Waals surface area contributed by atoms with Crippen LogP contribution in [-0.4, -0.2) is 51.5 Å². The molecule has 2 rings (SSSR count). The van der Waals surface area contributed by atoms with Crippen LogP contribution in [0.4, 0.5) is 0 Å². The molecular weight excluding hydrogens is 204 g/mol. The highest BCUT2D eigenvalue weighted by molar-refractivity contribution is 8.00. The summed E-state index contributed by atoms with van der Waals surface area (Å²) < 4.78 is 0. The molecule has 2 saturated heterocycles. The van der Waals surface area contributed by atoms with Crippen LogP contribution in [0.25, 0.3) is 0 Å². The summed E-state index contributed by atoms with van der Waals surface area (Å²) in [5, 5.41) is 8.95. The molecule has 2 aliphatic rings. The predicted molar refractivity (Wildman–Crippen MR) is 52.0 cm³/mol. The number of ketones is 1. The zero-order valence-corrected chi connectivity index (χ0v) is 8.37. The van der Waals surface area contributed by atoms with E-state index in [2.05, 4.69) is 0 Å². The number of nitrogens with zero attached hydrogens (tertiary/aromatic N) is 1. The summed E-state index contributed by atoms with van der Waals surface area (Å²) in [7, 11) is 0. The minimum Gasteiger partial charge on any atom is -0.480 e. The number of carbonyl (C=O) groups is 2. The summed E-state index contributed by atoms with van der Waals surface area (Å²) >= 11 is 1.54. The molecular formula is C8H12N2O3S. The van der Waals surface area contributed by atoms with Crippen LogP contribution in [0.1, 0.15) is 6.42 Å². The maximum absolute atomic E-state index is 11.3. The molecule has 0 aliphatic carbocycles. The molecule has 0 radical (unpaired) electrons. The first kappa shape index (κ1) is 9.95. The molecule has 2 aliphatic heterocycles. The van der Waals surface area contributed by atoms with Gasteiger partial charge >= 0.3 is 5.97 Å². The molecule has 0 aromatic heterocycles. The average Bonchev–Trinajstić information content (AvgIpc) is 2.48. The van der Waals surface area contributed by atoms with Crippen molar-refractivity contribution in [2.24, 2.45) is 5.73 Å². The number of rotatable bonds is 1. The van der Waals surface area contributed by atoms with E-state index in [1.54, 1.807) is 0 Å². The third-order valence-electron chi connectivity index (χ3n) is 2.70. The van der Waals surface area contributed by atoms with E-state index < -0.39 is 18.1 Å². The van der Waals surface area contributed by atoms with E-state index >= 15 is 0 Å². The van der Waals surface area contributed by atoms with Crippen molar-refractivity contribution in [2.75, 3.05) is 12.3 Å². The summed E-state index contributed by atoms with van der Waals surface area (Å²) in [6.45, 7) is 0.382. The molecule has 2 fully saturated rings. The molecule has 3 N–H and O–H groups in total. The largest absolute Gasteiger partial charge is 0.480 e. The van der Waals surface area contributed by atoms with Crippen LogP contribution in [0, 0.1) is 0 Å². The van der Waals surface area contributed by atoms with Gasteiger partial charge in [0.25, 0.3) is 0 Å². The van der Waals surface area contributed by atoms with Crippen molar-refractivity contribution in [3.05, 3.63) is 0 Å². The quantitative estimate of drug-likeness (QED) is 0.592. The van der Waals surface area contributed by atoms with Gasteiger partial charge < -0.3 is 10.8 Å². The lowest BCUT2D eigenvalue weighted by atomic mass is 10.0. The van der Waals surface area contributed by atoms with Crippen molar-refractivity contribution >= 4 is 23.5 Å². The SMILES string of the molecule is N[C@@H]1CN2[C@H](CC1=O)SC[C@H]2C(=O)O. The highest BCUT2D eigenvalue weighted by atomic mass is 32.2. The monoisotopic (exact) mass is 216 g/mol. The van der Waals surface area contributed by atoms with E-state index in [0.717, 1.165) is 0 Å². The summed E-state index contributed by atoms with van der Waals surface area (Å²) in [6.07, 6.45) is 0.385. The number of fused-ring (bicyclic) bond motifs is 1. The molecule has 14 heavy (non-hydrogen) atoms. The molecule has 0 unspecified atom stereocenters. The summed E-state index contributed by atoms with van der Waals surface area (Å²) in [6, 6.07) is -0.976. The van der Waals surface area contributed by atoms with E-state index in [1.807, 2.05) is 4.90 Å². The zero-order chi connectivity index (χ0) is 10.3. The molecule has 0 saturated carbocycles. The summed E-state index contributed by atoms with van der Waals surface area (Å²) in [4.78, 5) is 24.0. The molecule has 0 aromatic rings. The van der Waals surface area contributed by atoms with Crippen LogP contribution in [0.5, 0.6) is 0 Å². The summed E-state index contributed by atoms with van der Waals surface area (Å²) in [5.74, 6) is -0.216. The fraction of sp³-hybridized carbons (Fsp3) is 0.750. The van der Waals surface area contributed by atoms with Gasteiger partial charge in [0.15, 0.2) is 5.78 Å². The van der Waals surface area contributed by atoms with Crippen molar-refractivity contribution in [3.8, 4) is 0 Å². The number of carboxylic acid groups (broad SMARTS) is 1. The predicted octanol–water partition coefficient (Wildman–Crippen LogP) is -0.885. The number of hydrogen-bond donors (Lipinski definition) is 2. The molecule has 0 aromatic carbocycles. The first-order chi connectivity index (χ1) is 6.59. The first-order valence-corrected chi connectivity index (χ1v) is 5.53. The average molecular weight is 216 g/mol. The maximum atomic E-state index is 11.3. The van der Waals surface area contributed by atoms with E-state index in [9.17, 15) is 9.59 Å². The third-order valence-corrected chi connectivity index (χ3v) is 4.03. The van der Waals surface area contributed by atoms with Crippen molar-refractivity contribution in [2.45, 2.75) is 23.9 Å². The van der Waals surface area contributed by atoms with Crippen molar-refractivity contribution in [3.63, 3.8) is 0 Å². The Morgan fingerprint density at radius 1 is 1.64 bits per heavy atom. The Labute approximate surface area is 85.6 Å². The van der Waals surface area contributed by atoms with Gasteiger partial charge in [0.1, 0.15) is 6.04 Å². The van der Waals surface area contributed by atoms with Crippen LogP contribution in [0.3, 0.4) is 0 Å². The molecule has 6 heteroatoms. The van der Waals surface area contributed by atoms with Gasteiger partial charge in [0.2, 0.25) is 0 Å². The number of aliphatic carboxylic acids is 1. The molecule has 0 spiro atoms. The van der Waals surface area contributed by atoms with Crippen LogP contribution in [0.2, 0.25) is 0 Å². The Kier molecular flexibility index (Phi) is 2.50. The van der Waals surface area contributed by atoms with E-state index in [4.69, 9.17) is 10.8 Å². The van der Waals surface area contributed by atoms with Gasteiger partial charge in [-0.25, -0.2) is 0 Å². The Morgan fingerprint density at radius 3 is 3.00 bits per heavy atom. The third kappa shape index (κ3) is 1.53. The van der Waals surface area contributed by atoms with Crippen molar-refractivity contribution in [1.82, 2.24) is 4.90 Å². The van der Waals surface area contributed by atoms with E-state index in [-0.39, 0.29) is 11.2 Å². The zero-order valence-electron chi connectivity index (χ0n) is 7.55. The Bertz CT molecular complexity index is 284. The smallest absolute Gasteiger partial charge is 0.321 e. The van der Waals surface area contributed by atoms with Crippen molar-refractivity contribution in [1.29, 1.82) is 0 Å². The van der Waals surface area contributed by atoms with Crippen LogP contribution in [-0.2, 0) is 9.59 Å². The summed E-state index contributed by atoms with van der Waals surface area (Å²) in [5.41, 5.74) is 5.60. The number of carboxylic acids is 1. The number of nitrogens with two attached hydrogens (primary N) is 1. The van der Waals surface area contributed by atoms with Crippen LogP contribution in [0.15, 0.2) is 0 Å². The Balaban J connectivity index is 2.12. The minimum absolute atomic E-state index is 0.0309. The standard InChI is InChI=1S/C8H12N2O3S/c9-4-2-10-5(8(12)13)3-14-7(10)1-6(4)11/h4-5,7H,1-3,9H2,(H,12,13)/t4-,5+,7+/m1/s1.